The Balaban J connectivity index is 1.88. The van der Waals surface area contributed by atoms with E-state index in [1.807, 2.05) is 6.92 Å². The Kier molecular flexibility index (Phi) is 9.50. The Bertz CT molecular complexity index is 1440. The van der Waals surface area contributed by atoms with Crippen LogP contribution in [0.5, 0.6) is 11.5 Å². The highest BCUT2D eigenvalue weighted by molar-refractivity contribution is 7.98. The standard InChI is InChI=1S/C29H27ClF2N2O4S/c1-4-38-15-14-24-27(28(35)18-8-13-25(36-2)26(16-18)37-3)34(20-11-9-19(31)10-12-20)29(33-24)39-17-21-22(30)6-5-7-23(21)32/h5-16,28,35H,4,17H2,1-3H3. The van der Waals surface area contributed by atoms with Crippen molar-refractivity contribution < 1.29 is 28.1 Å². The van der Waals surface area contributed by atoms with Gasteiger partial charge in [0.2, 0.25) is 0 Å². The Morgan fingerprint density at radius 2 is 1.79 bits per heavy atom. The molecule has 6 nitrogen and oxygen atoms in total. The van der Waals surface area contributed by atoms with Crippen molar-refractivity contribution in [2.75, 3.05) is 20.8 Å². The first-order valence-electron chi connectivity index (χ1n) is 12.0. The second-order valence-corrected chi connectivity index (χ2v) is 9.59. The summed E-state index contributed by atoms with van der Waals surface area (Å²) < 4.78 is 46.3. The second kappa shape index (κ2) is 13.0. The average Bonchev–Trinajstić information content (AvgIpc) is 3.30. The fourth-order valence-electron chi connectivity index (χ4n) is 3.95. The number of halogens is 3. The number of hydrogen-bond acceptors (Lipinski definition) is 6. The van der Waals surface area contributed by atoms with E-state index in [4.69, 9.17) is 30.8 Å². The van der Waals surface area contributed by atoms with Crippen LogP contribution in [0.15, 0.2) is 72.1 Å². The molecule has 1 heterocycles. The van der Waals surface area contributed by atoms with E-state index in [1.54, 1.807) is 53.1 Å². The molecule has 0 aliphatic heterocycles. The highest BCUT2D eigenvalue weighted by Crippen LogP contribution is 2.38. The van der Waals surface area contributed by atoms with Gasteiger partial charge in [0.1, 0.15) is 17.7 Å². The Labute approximate surface area is 234 Å². The van der Waals surface area contributed by atoms with E-state index in [-0.39, 0.29) is 5.75 Å². The molecular formula is C29H27ClF2N2O4S. The quantitative estimate of drug-likeness (QED) is 0.151. The zero-order valence-corrected chi connectivity index (χ0v) is 23.1. The van der Waals surface area contributed by atoms with Crippen molar-refractivity contribution in [3.05, 3.63) is 106 Å². The summed E-state index contributed by atoms with van der Waals surface area (Å²) >= 11 is 7.49. The number of hydrogen-bond donors (Lipinski definition) is 1. The molecule has 39 heavy (non-hydrogen) atoms. The number of nitrogens with zero attached hydrogens (tertiary/aromatic N) is 2. The van der Waals surface area contributed by atoms with Gasteiger partial charge in [0, 0.05) is 28.1 Å². The van der Waals surface area contributed by atoms with Crippen LogP contribution in [-0.4, -0.2) is 35.5 Å². The third kappa shape index (κ3) is 6.38. The number of aromatic nitrogens is 2. The molecule has 204 valence electrons. The number of aliphatic hydroxyl groups excluding tert-OH is 1. The first-order valence-corrected chi connectivity index (χ1v) is 13.4. The summed E-state index contributed by atoms with van der Waals surface area (Å²) in [5.41, 5.74) is 2.20. The molecule has 0 radical (unpaired) electrons. The lowest BCUT2D eigenvalue weighted by atomic mass is 10.0. The van der Waals surface area contributed by atoms with E-state index in [9.17, 15) is 13.9 Å². The van der Waals surface area contributed by atoms with E-state index in [2.05, 4.69) is 0 Å². The van der Waals surface area contributed by atoms with Gasteiger partial charge in [-0.2, -0.15) is 0 Å². The molecule has 1 aromatic heterocycles. The second-order valence-electron chi connectivity index (χ2n) is 8.24. The molecule has 10 heteroatoms. The van der Waals surface area contributed by atoms with Crippen LogP contribution in [0.2, 0.25) is 5.02 Å². The molecule has 4 rings (SSSR count). The van der Waals surface area contributed by atoms with E-state index >= 15 is 0 Å². The fraction of sp³-hybridized carbons (Fsp3) is 0.207. The minimum Gasteiger partial charge on any atom is -0.501 e. The SMILES string of the molecule is CCOC=Cc1nc(SCc2c(F)cccc2Cl)n(-c2ccc(F)cc2)c1C(O)c1ccc(OC)c(OC)c1. The first kappa shape index (κ1) is 28.5. The summed E-state index contributed by atoms with van der Waals surface area (Å²) in [5, 5.41) is 12.4. The molecule has 1 N–H and O–H groups in total. The molecule has 0 aliphatic carbocycles. The average molecular weight is 573 g/mol. The van der Waals surface area contributed by atoms with E-state index in [0.29, 0.717) is 56.5 Å². The number of aliphatic hydroxyl groups is 1. The molecule has 0 fully saturated rings. The molecule has 0 spiro atoms. The molecule has 0 saturated heterocycles. The van der Waals surface area contributed by atoms with Gasteiger partial charge in [0.15, 0.2) is 16.7 Å². The predicted molar refractivity (Wildman–Crippen MR) is 149 cm³/mol. The topological polar surface area (TPSA) is 65.7 Å². The summed E-state index contributed by atoms with van der Waals surface area (Å²) in [6.45, 7) is 2.29. The molecule has 0 bridgehead atoms. The van der Waals surface area contributed by atoms with Crippen LogP contribution in [0, 0.1) is 11.6 Å². The van der Waals surface area contributed by atoms with Crippen molar-refractivity contribution >= 4 is 29.4 Å². The monoisotopic (exact) mass is 572 g/mol. The van der Waals surface area contributed by atoms with Gasteiger partial charge in [0.05, 0.1) is 38.5 Å². The maximum absolute atomic E-state index is 14.5. The third-order valence-corrected chi connectivity index (χ3v) is 7.19. The van der Waals surface area contributed by atoms with Gasteiger partial charge in [-0.3, -0.25) is 4.57 Å². The van der Waals surface area contributed by atoms with Crippen molar-refractivity contribution in [3.63, 3.8) is 0 Å². The first-order chi connectivity index (χ1) is 18.9. The number of thioether (sulfide) groups is 1. The van der Waals surface area contributed by atoms with Gasteiger partial charge >= 0.3 is 0 Å². The van der Waals surface area contributed by atoms with Crippen molar-refractivity contribution in [2.45, 2.75) is 23.9 Å². The van der Waals surface area contributed by atoms with Crippen molar-refractivity contribution in [1.29, 1.82) is 0 Å². The fourth-order valence-corrected chi connectivity index (χ4v) is 5.32. The van der Waals surface area contributed by atoms with Gasteiger partial charge in [-0.15, -0.1) is 0 Å². The van der Waals surface area contributed by atoms with Gasteiger partial charge in [-0.05, 0) is 61.0 Å². The normalized spacial score (nSPS) is 12.1. The summed E-state index contributed by atoms with van der Waals surface area (Å²) in [6, 6.07) is 15.4. The zero-order valence-electron chi connectivity index (χ0n) is 21.5. The summed E-state index contributed by atoms with van der Waals surface area (Å²) in [4.78, 5) is 4.76. The van der Waals surface area contributed by atoms with Crippen molar-refractivity contribution in [1.82, 2.24) is 9.55 Å². The molecular weight excluding hydrogens is 546 g/mol. The molecule has 1 atom stereocenters. The van der Waals surface area contributed by atoms with Crippen LogP contribution in [0.25, 0.3) is 11.8 Å². The van der Waals surface area contributed by atoms with Crippen LogP contribution < -0.4 is 9.47 Å². The van der Waals surface area contributed by atoms with Gasteiger partial charge < -0.3 is 19.3 Å². The van der Waals surface area contributed by atoms with Crippen LogP contribution in [0.3, 0.4) is 0 Å². The van der Waals surface area contributed by atoms with Crippen LogP contribution in [0.1, 0.15) is 35.5 Å². The summed E-state index contributed by atoms with van der Waals surface area (Å²) in [7, 11) is 3.04. The Morgan fingerprint density at radius 1 is 1.05 bits per heavy atom. The molecule has 4 aromatic rings. The maximum atomic E-state index is 14.5. The Hall–Kier alpha value is -3.53. The number of imidazole rings is 1. The van der Waals surface area contributed by atoms with E-state index in [0.717, 1.165) is 0 Å². The van der Waals surface area contributed by atoms with Gasteiger partial charge in [-0.25, -0.2) is 13.8 Å². The van der Waals surface area contributed by atoms with Crippen molar-refractivity contribution in [3.8, 4) is 17.2 Å². The summed E-state index contributed by atoms with van der Waals surface area (Å²) in [6.07, 6.45) is 1.95. The minimum absolute atomic E-state index is 0.171. The molecule has 0 aliphatic rings. The van der Waals surface area contributed by atoms with Gasteiger partial charge in [-0.1, -0.05) is 35.5 Å². The molecule has 1 unspecified atom stereocenters. The predicted octanol–water partition coefficient (Wildman–Crippen LogP) is 7.20. The third-order valence-electron chi connectivity index (χ3n) is 5.87. The highest BCUT2D eigenvalue weighted by Gasteiger charge is 2.26. The number of rotatable bonds is 11. The molecule has 0 amide bonds. The van der Waals surface area contributed by atoms with Crippen molar-refractivity contribution in [2.24, 2.45) is 0 Å². The lowest BCUT2D eigenvalue weighted by Crippen LogP contribution is -2.10. The van der Waals surface area contributed by atoms with Crippen LogP contribution in [-0.2, 0) is 10.5 Å². The van der Waals surface area contributed by atoms with Gasteiger partial charge in [0.25, 0.3) is 0 Å². The Morgan fingerprint density at radius 3 is 2.46 bits per heavy atom. The smallest absolute Gasteiger partial charge is 0.173 e. The molecule has 0 saturated carbocycles. The number of ether oxygens (including phenoxy) is 3. The van der Waals surface area contributed by atoms with E-state index in [1.165, 1.54) is 50.4 Å². The number of benzene rings is 3. The highest BCUT2D eigenvalue weighted by atomic mass is 35.5. The molecule has 3 aromatic carbocycles. The maximum Gasteiger partial charge on any atom is 0.173 e. The lowest BCUT2D eigenvalue weighted by molar-refractivity contribution is 0.211. The van der Waals surface area contributed by atoms with E-state index < -0.39 is 17.7 Å². The summed E-state index contributed by atoms with van der Waals surface area (Å²) in [5.74, 6) is 0.276. The van der Waals surface area contributed by atoms with Crippen LogP contribution >= 0.6 is 23.4 Å². The lowest BCUT2D eigenvalue weighted by Gasteiger charge is -2.18. The van der Waals surface area contributed by atoms with Crippen LogP contribution in [0.4, 0.5) is 8.78 Å². The minimum atomic E-state index is -1.19. The largest absolute Gasteiger partial charge is 0.501 e. The number of methoxy groups -OCH3 is 2. The zero-order chi connectivity index (χ0) is 27.9.